The van der Waals surface area contributed by atoms with Gasteiger partial charge in [-0.15, -0.1) is 0 Å². The Morgan fingerprint density at radius 2 is 1.97 bits per heavy atom. The van der Waals surface area contributed by atoms with E-state index in [1.807, 2.05) is 6.92 Å². The largest absolute Gasteiger partial charge is 0.459 e. The molecule has 3 heterocycles. The van der Waals surface area contributed by atoms with Gasteiger partial charge in [-0.25, -0.2) is 24.1 Å². The number of carbonyl (C=O) groups excluding carboxylic acids is 2. The number of aryl methyl sites for hydroxylation is 1. The van der Waals surface area contributed by atoms with Crippen LogP contribution in [0.1, 0.15) is 29.1 Å². The Morgan fingerprint density at radius 1 is 1.23 bits per heavy atom. The van der Waals surface area contributed by atoms with Gasteiger partial charge in [0.25, 0.3) is 0 Å². The highest BCUT2D eigenvalue weighted by atomic mass is 35.5. The zero-order chi connectivity index (χ0) is 22.1. The summed E-state index contributed by atoms with van der Waals surface area (Å²) in [5.41, 5.74) is 1.90. The van der Waals surface area contributed by atoms with Crippen LogP contribution in [-0.4, -0.2) is 56.4 Å². The van der Waals surface area contributed by atoms with Crippen molar-refractivity contribution in [3.63, 3.8) is 0 Å². The van der Waals surface area contributed by atoms with Crippen LogP contribution in [0.5, 0.6) is 0 Å². The van der Waals surface area contributed by atoms with Crippen molar-refractivity contribution in [2.45, 2.75) is 38.5 Å². The third-order valence-electron chi connectivity index (χ3n) is 4.82. The molecule has 4 atom stereocenters. The molecule has 31 heavy (non-hydrogen) atoms. The average Bonchev–Trinajstić information content (AvgIpc) is 3.29. The SMILES string of the molecule is CC(=O)OC1C(F)C(COC(=O)c2ccc(C)cc2)OC1n1cnc2c(Cl)ncnc21. The van der Waals surface area contributed by atoms with Crippen LogP contribution in [0.2, 0.25) is 5.15 Å². The van der Waals surface area contributed by atoms with Crippen LogP contribution in [0.15, 0.2) is 36.9 Å². The van der Waals surface area contributed by atoms with Gasteiger partial charge >= 0.3 is 11.9 Å². The highest BCUT2D eigenvalue weighted by Gasteiger charge is 2.49. The monoisotopic (exact) mass is 448 g/mol. The smallest absolute Gasteiger partial charge is 0.338 e. The fourth-order valence-corrected chi connectivity index (χ4v) is 3.49. The molecule has 1 fully saturated rings. The first kappa shape index (κ1) is 21.1. The Labute approximate surface area is 181 Å². The summed E-state index contributed by atoms with van der Waals surface area (Å²) in [6, 6.07) is 6.77. The lowest BCUT2D eigenvalue weighted by molar-refractivity contribution is -0.154. The summed E-state index contributed by atoms with van der Waals surface area (Å²) < 4.78 is 32.7. The molecule has 0 aliphatic carbocycles. The van der Waals surface area contributed by atoms with Gasteiger partial charge in [0.15, 0.2) is 29.3 Å². The molecule has 2 aromatic heterocycles. The molecule has 162 valence electrons. The molecule has 4 unspecified atom stereocenters. The summed E-state index contributed by atoms with van der Waals surface area (Å²) in [5.74, 6) is -1.30. The van der Waals surface area contributed by atoms with Crippen LogP contribution in [0.25, 0.3) is 11.2 Å². The summed E-state index contributed by atoms with van der Waals surface area (Å²) in [4.78, 5) is 35.9. The number of nitrogens with zero attached hydrogens (tertiary/aromatic N) is 4. The van der Waals surface area contributed by atoms with Crippen molar-refractivity contribution in [2.75, 3.05) is 6.61 Å². The molecule has 0 amide bonds. The predicted octanol–water partition coefficient (Wildman–Crippen LogP) is 2.81. The van der Waals surface area contributed by atoms with Crippen molar-refractivity contribution < 1.29 is 28.2 Å². The number of rotatable bonds is 5. The molecule has 9 nitrogen and oxygen atoms in total. The van der Waals surface area contributed by atoms with Crippen LogP contribution in [0.3, 0.4) is 0 Å². The molecular weight excluding hydrogens is 431 g/mol. The van der Waals surface area contributed by atoms with E-state index in [0.717, 1.165) is 5.56 Å². The first-order valence-electron chi connectivity index (χ1n) is 9.38. The molecule has 4 rings (SSSR count). The minimum Gasteiger partial charge on any atom is -0.459 e. The Hall–Kier alpha value is -3.11. The van der Waals surface area contributed by atoms with Gasteiger partial charge in [0.2, 0.25) is 0 Å². The molecule has 1 aliphatic rings. The lowest BCUT2D eigenvalue weighted by Crippen LogP contribution is -2.34. The number of imidazole rings is 1. The fourth-order valence-electron chi connectivity index (χ4n) is 3.31. The van der Waals surface area contributed by atoms with E-state index in [-0.39, 0.29) is 17.4 Å². The molecule has 1 aromatic carbocycles. The maximum absolute atomic E-state index is 15.2. The van der Waals surface area contributed by atoms with Gasteiger partial charge in [0, 0.05) is 6.92 Å². The first-order valence-corrected chi connectivity index (χ1v) is 9.76. The van der Waals surface area contributed by atoms with Gasteiger partial charge in [-0.05, 0) is 19.1 Å². The Morgan fingerprint density at radius 3 is 2.68 bits per heavy atom. The Kier molecular flexibility index (Phi) is 5.84. The summed E-state index contributed by atoms with van der Waals surface area (Å²) in [6.45, 7) is 2.69. The van der Waals surface area contributed by atoms with Gasteiger partial charge in [0.05, 0.1) is 11.9 Å². The lowest BCUT2D eigenvalue weighted by atomic mass is 10.1. The van der Waals surface area contributed by atoms with Crippen LogP contribution in [-0.2, 0) is 19.0 Å². The van der Waals surface area contributed by atoms with E-state index in [1.54, 1.807) is 24.3 Å². The van der Waals surface area contributed by atoms with Crippen LogP contribution in [0.4, 0.5) is 4.39 Å². The van der Waals surface area contributed by atoms with Crippen LogP contribution < -0.4 is 0 Å². The summed E-state index contributed by atoms with van der Waals surface area (Å²) >= 11 is 6.02. The average molecular weight is 449 g/mol. The Balaban J connectivity index is 1.55. The molecule has 0 spiro atoms. The van der Waals surface area contributed by atoms with Crippen LogP contribution in [0, 0.1) is 6.92 Å². The van der Waals surface area contributed by atoms with Gasteiger partial charge in [-0.2, -0.15) is 0 Å². The third-order valence-corrected chi connectivity index (χ3v) is 5.10. The molecule has 0 saturated carbocycles. The van der Waals surface area contributed by atoms with Crippen molar-refractivity contribution in [1.82, 2.24) is 19.5 Å². The highest BCUT2D eigenvalue weighted by molar-refractivity contribution is 6.33. The van der Waals surface area contributed by atoms with E-state index in [2.05, 4.69) is 15.0 Å². The van der Waals surface area contributed by atoms with E-state index in [4.69, 9.17) is 25.8 Å². The minimum absolute atomic E-state index is 0.117. The molecule has 1 aliphatic heterocycles. The minimum atomic E-state index is -1.76. The molecule has 3 aromatic rings. The van der Waals surface area contributed by atoms with E-state index >= 15 is 4.39 Å². The van der Waals surface area contributed by atoms with Crippen molar-refractivity contribution in [3.05, 3.63) is 53.2 Å². The van der Waals surface area contributed by atoms with Crippen molar-refractivity contribution >= 4 is 34.7 Å². The maximum atomic E-state index is 15.2. The second-order valence-electron chi connectivity index (χ2n) is 7.04. The third kappa shape index (κ3) is 4.21. The maximum Gasteiger partial charge on any atom is 0.338 e. The molecule has 0 bridgehead atoms. The van der Waals surface area contributed by atoms with E-state index < -0.39 is 36.5 Å². The molecule has 1 saturated heterocycles. The lowest BCUT2D eigenvalue weighted by Gasteiger charge is -2.20. The van der Waals surface area contributed by atoms with Gasteiger partial charge in [-0.3, -0.25) is 9.36 Å². The second kappa shape index (κ2) is 8.56. The fraction of sp³-hybridized carbons (Fsp3) is 0.350. The standard InChI is InChI=1S/C20H18ClFN4O5/c1-10-3-5-12(6-4-10)20(28)29-7-13-14(22)16(30-11(2)27)19(31-13)26-9-25-15-17(21)23-8-24-18(15)26/h3-6,8-9,13-14,16,19H,7H2,1-2H3. The van der Waals surface area contributed by atoms with E-state index in [0.29, 0.717) is 11.1 Å². The number of carbonyl (C=O) groups is 2. The number of hydrogen-bond acceptors (Lipinski definition) is 8. The first-order chi connectivity index (χ1) is 14.8. The van der Waals surface area contributed by atoms with Gasteiger partial charge < -0.3 is 14.2 Å². The number of aromatic nitrogens is 4. The summed E-state index contributed by atoms with van der Waals surface area (Å²) in [6.07, 6.45) is -2.73. The number of ether oxygens (including phenoxy) is 3. The highest BCUT2D eigenvalue weighted by Crippen LogP contribution is 2.36. The van der Waals surface area contributed by atoms with Gasteiger partial charge in [-0.1, -0.05) is 29.3 Å². The topological polar surface area (TPSA) is 105 Å². The molecule has 11 heteroatoms. The number of halogens is 2. The van der Waals surface area contributed by atoms with Crippen molar-refractivity contribution in [2.24, 2.45) is 0 Å². The number of alkyl halides is 1. The number of fused-ring (bicyclic) bond motifs is 1. The van der Waals surface area contributed by atoms with Gasteiger partial charge in [0.1, 0.15) is 24.6 Å². The van der Waals surface area contributed by atoms with E-state index in [9.17, 15) is 9.59 Å². The summed E-state index contributed by atoms with van der Waals surface area (Å²) in [7, 11) is 0. The second-order valence-corrected chi connectivity index (χ2v) is 7.39. The Bertz CT molecular complexity index is 1120. The molecule has 0 radical (unpaired) electrons. The summed E-state index contributed by atoms with van der Waals surface area (Å²) in [5, 5.41) is 0.117. The van der Waals surface area contributed by atoms with Crippen LogP contribution >= 0.6 is 11.6 Å². The van der Waals surface area contributed by atoms with Crippen molar-refractivity contribution in [3.8, 4) is 0 Å². The normalized spacial score (nSPS) is 23.1. The number of hydrogen-bond donors (Lipinski definition) is 0. The zero-order valence-electron chi connectivity index (χ0n) is 16.6. The predicted molar refractivity (Wildman–Crippen MR) is 106 cm³/mol. The quantitative estimate of drug-likeness (QED) is 0.433. The molecule has 0 N–H and O–H groups in total. The zero-order valence-corrected chi connectivity index (χ0v) is 17.3. The number of esters is 2. The van der Waals surface area contributed by atoms with Crippen molar-refractivity contribution in [1.29, 1.82) is 0 Å². The van der Waals surface area contributed by atoms with E-state index in [1.165, 1.54) is 24.1 Å². The number of benzene rings is 1. The molecular formula is C20H18ClFN4O5.